The minimum Gasteiger partial charge on any atom is -0.496 e. The second-order valence-electron chi connectivity index (χ2n) is 5.35. The number of hydrogen-bond donors (Lipinski definition) is 0. The van der Waals surface area contributed by atoms with Gasteiger partial charge in [0.2, 0.25) is 5.82 Å². The number of anilines is 1. The summed E-state index contributed by atoms with van der Waals surface area (Å²) in [5.41, 5.74) is -0.525. The molecule has 1 aliphatic heterocycles. The van der Waals surface area contributed by atoms with E-state index in [9.17, 15) is 24.1 Å². The first-order valence-electron chi connectivity index (χ1n) is 7.08. The third kappa shape index (κ3) is 2.26. The van der Waals surface area contributed by atoms with Crippen LogP contribution >= 0.6 is 0 Å². The summed E-state index contributed by atoms with van der Waals surface area (Å²) in [5, 5.41) is 11.0. The van der Waals surface area contributed by atoms with Crippen LogP contribution in [0.25, 0.3) is 0 Å². The van der Waals surface area contributed by atoms with Crippen molar-refractivity contribution < 1.29 is 23.6 Å². The lowest BCUT2D eigenvalue weighted by Crippen LogP contribution is -2.32. The van der Waals surface area contributed by atoms with Crippen LogP contribution in [0.2, 0.25) is 0 Å². The maximum atomic E-state index is 14.5. The molecule has 3 rings (SSSR count). The molecule has 0 radical (unpaired) electrons. The van der Waals surface area contributed by atoms with E-state index in [0.717, 1.165) is 25.0 Å². The first kappa shape index (κ1) is 15.1. The molecule has 0 spiro atoms. The summed E-state index contributed by atoms with van der Waals surface area (Å²) in [4.78, 5) is 35.7. The van der Waals surface area contributed by atoms with E-state index >= 15 is 0 Å². The number of halogens is 1. The fourth-order valence-electron chi connectivity index (χ4n) is 2.94. The minimum absolute atomic E-state index is 0.00132. The van der Waals surface area contributed by atoms with E-state index in [1.807, 2.05) is 0 Å². The van der Waals surface area contributed by atoms with Gasteiger partial charge in [0.15, 0.2) is 0 Å². The van der Waals surface area contributed by atoms with Gasteiger partial charge in [-0.05, 0) is 25.7 Å². The number of ether oxygens (including phenoxy) is 1. The first-order chi connectivity index (χ1) is 11.0. The molecule has 1 aromatic rings. The number of carbonyl (C=O) groups is 2. The van der Waals surface area contributed by atoms with Crippen LogP contribution in [0, 0.1) is 15.9 Å². The Labute approximate surface area is 130 Å². The molecular weight excluding hydrogens is 307 g/mol. The second-order valence-corrected chi connectivity index (χ2v) is 5.35. The largest absolute Gasteiger partial charge is 0.496 e. The van der Waals surface area contributed by atoms with Crippen molar-refractivity contribution in [3.8, 4) is 5.75 Å². The second kappa shape index (κ2) is 5.45. The van der Waals surface area contributed by atoms with Gasteiger partial charge < -0.3 is 4.74 Å². The van der Waals surface area contributed by atoms with E-state index in [2.05, 4.69) is 0 Å². The Balaban J connectivity index is 2.13. The Morgan fingerprint density at radius 3 is 2.22 bits per heavy atom. The predicted molar refractivity (Wildman–Crippen MR) is 77.6 cm³/mol. The fraction of sp³-hybridized carbons (Fsp3) is 0.333. The highest BCUT2D eigenvalue weighted by Gasteiger charge is 2.42. The SMILES string of the molecule is COc1cc(N2C(=O)C3=C(CCCC3)C2=O)c(F)c([N+](=O)[O-])c1. The zero-order chi connectivity index (χ0) is 16.7. The lowest BCUT2D eigenvalue weighted by Gasteiger charge is -2.16. The molecule has 0 saturated heterocycles. The normalized spacial score (nSPS) is 17.6. The van der Waals surface area contributed by atoms with Crippen molar-refractivity contribution in [1.82, 2.24) is 0 Å². The molecule has 120 valence electrons. The molecule has 1 aromatic carbocycles. The summed E-state index contributed by atoms with van der Waals surface area (Å²) >= 11 is 0. The number of carbonyl (C=O) groups excluding carboxylic acids is 2. The smallest absolute Gasteiger partial charge is 0.310 e. The average Bonchev–Trinajstić information content (AvgIpc) is 2.79. The van der Waals surface area contributed by atoms with Crippen molar-refractivity contribution >= 4 is 23.2 Å². The molecule has 2 amide bonds. The quantitative estimate of drug-likeness (QED) is 0.485. The van der Waals surface area contributed by atoms with Crippen LogP contribution in [-0.2, 0) is 9.59 Å². The molecule has 0 unspecified atom stereocenters. The highest BCUT2D eigenvalue weighted by atomic mass is 19.1. The predicted octanol–water partition coefficient (Wildman–Crippen LogP) is 2.49. The number of imide groups is 1. The van der Waals surface area contributed by atoms with Crippen molar-refractivity contribution in [1.29, 1.82) is 0 Å². The van der Waals surface area contributed by atoms with Gasteiger partial charge in [0.05, 0.1) is 23.8 Å². The number of nitro benzene ring substituents is 1. The van der Waals surface area contributed by atoms with Crippen LogP contribution in [0.3, 0.4) is 0 Å². The van der Waals surface area contributed by atoms with Gasteiger partial charge in [-0.3, -0.25) is 19.7 Å². The zero-order valence-corrected chi connectivity index (χ0v) is 12.3. The average molecular weight is 320 g/mol. The summed E-state index contributed by atoms with van der Waals surface area (Å²) in [7, 11) is 1.26. The van der Waals surface area contributed by atoms with Crippen molar-refractivity contribution in [3.05, 3.63) is 39.2 Å². The molecule has 1 aliphatic carbocycles. The number of rotatable bonds is 3. The van der Waals surface area contributed by atoms with Gasteiger partial charge in [-0.2, -0.15) is 4.39 Å². The van der Waals surface area contributed by atoms with E-state index in [1.165, 1.54) is 7.11 Å². The summed E-state index contributed by atoms with van der Waals surface area (Å²) in [6.45, 7) is 0. The van der Waals surface area contributed by atoms with E-state index in [-0.39, 0.29) is 5.75 Å². The van der Waals surface area contributed by atoms with E-state index in [4.69, 9.17) is 4.74 Å². The Morgan fingerprint density at radius 1 is 1.17 bits per heavy atom. The molecule has 0 atom stereocenters. The maximum Gasteiger partial charge on any atom is 0.310 e. The molecule has 0 saturated carbocycles. The summed E-state index contributed by atoms with van der Waals surface area (Å²) < 4.78 is 19.4. The van der Waals surface area contributed by atoms with Gasteiger partial charge in [0, 0.05) is 17.2 Å². The number of hydrogen-bond acceptors (Lipinski definition) is 5. The number of methoxy groups -OCH3 is 1. The number of nitrogens with zero attached hydrogens (tertiary/aromatic N) is 2. The molecule has 2 aliphatic rings. The number of nitro groups is 1. The lowest BCUT2D eigenvalue weighted by molar-refractivity contribution is -0.387. The van der Waals surface area contributed by atoms with Crippen LogP contribution in [0.4, 0.5) is 15.8 Å². The topological polar surface area (TPSA) is 89.8 Å². The molecule has 0 bridgehead atoms. The third-order valence-electron chi connectivity index (χ3n) is 4.07. The summed E-state index contributed by atoms with van der Waals surface area (Å²) in [6, 6.07) is 2.04. The molecule has 8 heteroatoms. The van der Waals surface area contributed by atoms with E-state index < -0.39 is 33.9 Å². The van der Waals surface area contributed by atoms with Gasteiger partial charge in [-0.15, -0.1) is 0 Å². The highest BCUT2D eigenvalue weighted by molar-refractivity contribution is 6.33. The highest BCUT2D eigenvalue weighted by Crippen LogP contribution is 2.39. The van der Waals surface area contributed by atoms with Crippen molar-refractivity contribution in [2.75, 3.05) is 12.0 Å². The van der Waals surface area contributed by atoms with Crippen LogP contribution in [0.1, 0.15) is 25.7 Å². The van der Waals surface area contributed by atoms with Crippen LogP contribution in [-0.4, -0.2) is 23.8 Å². The molecule has 7 nitrogen and oxygen atoms in total. The van der Waals surface area contributed by atoms with Gasteiger partial charge in [0.25, 0.3) is 11.8 Å². The van der Waals surface area contributed by atoms with Crippen molar-refractivity contribution in [2.24, 2.45) is 0 Å². The van der Waals surface area contributed by atoms with Gasteiger partial charge >= 0.3 is 5.69 Å². The molecule has 0 aromatic heterocycles. The van der Waals surface area contributed by atoms with E-state index in [0.29, 0.717) is 28.9 Å². The molecular formula is C15H13FN2O5. The zero-order valence-electron chi connectivity index (χ0n) is 12.3. The van der Waals surface area contributed by atoms with Gasteiger partial charge in [-0.25, -0.2) is 4.90 Å². The van der Waals surface area contributed by atoms with E-state index in [1.54, 1.807) is 0 Å². The van der Waals surface area contributed by atoms with Crippen LogP contribution in [0.5, 0.6) is 5.75 Å². The Hall–Kier alpha value is -2.77. The van der Waals surface area contributed by atoms with Crippen LogP contribution in [0.15, 0.2) is 23.3 Å². The molecule has 23 heavy (non-hydrogen) atoms. The molecule has 1 heterocycles. The van der Waals surface area contributed by atoms with Crippen molar-refractivity contribution in [3.63, 3.8) is 0 Å². The Morgan fingerprint density at radius 2 is 1.74 bits per heavy atom. The minimum atomic E-state index is -1.22. The fourth-order valence-corrected chi connectivity index (χ4v) is 2.94. The number of amides is 2. The molecule has 0 N–H and O–H groups in total. The Kier molecular flexibility index (Phi) is 3.59. The van der Waals surface area contributed by atoms with Gasteiger partial charge in [0.1, 0.15) is 5.75 Å². The standard InChI is InChI=1S/C15H13FN2O5/c1-23-8-6-11(13(16)12(7-8)18(21)22)17-14(19)9-4-2-3-5-10(9)15(17)20/h6-7H,2-5H2,1H3. The monoisotopic (exact) mass is 320 g/mol. The number of benzene rings is 1. The Bertz CT molecular complexity index is 743. The summed E-state index contributed by atoms with van der Waals surface area (Å²) in [5.74, 6) is -2.44. The molecule has 0 fully saturated rings. The summed E-state index contributed by atoms with van der Waals surface area (Å²) in [6.07, 6.45) is 2.49. The van der Waals surface area contributed by atoms with Crippen molar-refractivity contribution in [2.45, 2.75) is 25.7 Å². The van der Waals surface area contributed by atoms with Crippen LogP contribution < -0.4 is 9.64 Å². The first-order valence-corrected chi connectivity index (χ1v) is 7.08. The lowest BCUT2D eigenvalue weighted by atomic mass is 9.93. The van der Waals surface area contributed by atoms with Gasteiger partial charge in [-0.1, -0.05) is 0 Å². The maximum absolute atomic E-state index is 14.5. The third-order valence-corrected chi connectivity index (χ3v) is 4.07.